The second kappa shape index (κ2) is 8.19. The normalized spacial score (nSPS) is 17.6. The van der Waals surface area contributed by atoms with E-state index in [1.807, 2.05) is 37.3 Å². The Morgan fingerprint density at radius 3 is 2.69 bits per heavy atom. The quantitative estimate of drug-likeness (QED) is 0.860. The van der Waals surface area contributed by atoms with E-state index < -0.39 is 6.04 Å². The molecule has 1 aromatic heterocycles. The highest BCUT2D eigenvalue weighted by Gasteiger charge is 2.34. The molecule has 2 aromatic rings. The molecule has 3 amide bonds. The van der Waals surface area contributed by atoms with Gasteiger partial charge in [0.05, 0.1) is 16.8 Å². The van der Waals surface area contributed by atoms with Crippen LogP contribution in [0.25, 0.3) is 0 Å². The lowest BCUT2D eigenvalue weighted by Gasteiger charge is -2.25. The first-order valence-corrected chi connectivity index (χ1v) is 8.97. The van der Waals surface area contributed by atoms with Crippen molar-refractivity contribution in [1.82, 2.24) is 15.2 Å². The van der Waals surface area contributed by atoms with Gasteiger partial charge in [0, 0.05) is 18.4 Å². The van der Waals surface area contributed by atoms with Crippen molar-refractivity contribution in [2.24, 2.45) is 0 Å². The van der Waals surface area contributed by atoms with Crippen molar-refractivity contribution in [3.63, 3.8) is 0 Å². The standard InChI is InChI=1S/C19H21ClN4O2/c1-13(16-10-9-14(20)12-21-16)22-18(25)17-8-5-11-24(17)19(26)23-15-6-3-2-4-7-15/h2-4,6-7,9-10,12-13,17H,5,8,11H2,1H3,(H,22,25)(H,23,26)/t13-,17-/m0/s1. The summed E-state index contributed by atoms with van der Waals surface area (Å²) >= 11 is 5.85. The Bertz CT molecular complexity index is 767. The van der Waals surface area contributed by atoms with E-state index in [1.54, 1.807) is 23.2 Å². The van der Waals surface area contributed by atoms with Crippen molar-refractivity contribution < 1.29 is 9.59 Å². The van der Waals surface area contributed by atoms with Gasteiger partial charge in [-0.25, -0.2) is 4.79 Å². The third-order valence-corrected chi connectivity index (χ3v) is 4.62. The largest absolute Gasteiger partial charge is 0.346 e. The van der Waals surface area contributed by atoms with Crippen LogP contribution in [0.1, 0.15) is 31.5 Å². The van der Waals surface area contributed by atoms with E-state index in [2.05, 4.69) is 15.6 Å². The Kier molecular flexibility index (Phi) is 5.73. The number of para-hydroxylation sites is 1. The number of aromatic nitrogens is 1. The maximum atomic E-state index is 12.7. The number of carbonyl (C=O) groups excluding carboxylic acids is 2. The zero-order chi connectivity index (χ0) is 18.5. The molecule has 1 aliphatic heterocycles. The molecule has 0 saturated carbocycles. The van der Waals surface area contributed by atoms with Gasteiger partial charge in [-0.1, -0.05) is 29.8 Å². The third-order valence-electron chi connectivity index (χ3n) is 4.39. The summed E-state index contributed by atoms with van der Waals surface area (Å²) < 4.78 is 0. The number of amides is 3. The average Bonchev–Trinajstić information content (AvgIpc) is 3.13. The number of pyridine rings is 1. The second-order valence-electron chi connectivity index (χ2n) is 6.28. The molecular weight excluding hydrogens is 352 g/mol. The lowest BCUT2D eigenvalue weighted by atomic mass is 10.1. The number of nitrogens with zero attached hydrogens (tertiary/aromatic N) is 2. The Morgan fingerprint density at radius 2 is 2.00 bits per heavy atom. The molecule has 136 valence electrons. The first-order chi connectivity index (χ1) is 12.5. The highest BCUT2D eigenvalue weighted by molar-refractivity contribution is 6.30. The van der Waals surface area contributed by atoms with Crippen molar-refractivity contribution in [3.05, 3.63) is 59.4 Å². The zero-order valence-electron chi connectivity index (χ0n) is 14.5. The minimum atomic E-state index is -0.478. The molecule has 3 rings (SSSR count). The number of halogens is 1. The van der Waals surface area contributed by atoms with E-state index in [0.717, 1.165) is 12.1 Å². The smallest absolute Gasteiger partial charge is 0.322 e. The van der Waals surface area contributed by atoms with E-state index in [1.165, 1.54) is 0 Å². The predicted octanol–water partition coefficient (Wildman–Crippen LogP) is 3.61. The molecule has 0 radical (unpaired) electrons. The summed E-state index contributed by atoms with van der Waals surface area (Å²) in [6.45, 7) is 2.42. The van der Waals surface area contributed by atoms with Crippen molar-refractivity contribution in [2.75, 3.05) is 11.9 Å². The monoisotopic (exact) mass is 372 g/mol. The number of anilines is 1. The average molecular weight is 373 g/mol. The molecule has 1 saturated heterocycles. The van der Waals surface area contributed by atoms with E-state index in [-0.39, 0.29) is 18.0 Å². The summed E-state index contributed by atoms with van der Waals surface area (Å²) in [6.07, 6.45) is 3.00. The lowest BCUT2D eigenvalue weighted by Crippen LogP contribution is -2.48. The molecule has 7 heteroatoms. The van der Waals surface area contributed by atoms with Crippen molar-refractivity contribution >= 4 is 29.2 Å². The van der Waals surface area contributed by atoms with Gasteiger partial charge in [-0.15, -0.1) is 0 Å². The Hall–Kier alpha value is -2.60. The van der Waals surface area contributed by atoms with E-state index in [0.29, 0.717) is 23.7 Å². The van der Waals surface area contributed by atoms with Crippen LogP contribution in [0.5, 0.6) is 0 Å². The summed E-state index contributed by atoms with van der Waals surface area (Å²) in [7, 11) is 0. The van der Waals surface area contributed by atoms with Crippen LogP contribution in [0.2, 0.25) is 5.02 Å². The van der Waals surface area contributed by atoms with Crippen LogP contribution in [0.3, 0.4) is 0 Å². The maximum Gasteiger partial charge on any atom is 0.322 e. The Morgan fingerprint density at radius 1 is 1.23 bits per heavy atom. The molecule has 6 nitrogen and oxygen atoms in total. The summed E-state index contributed by atoms with van der Waals surface area (Å²) in [5.74, 6) is -0.171. The van der Waals surface area contributed by atoms with E-state index >= 15 is 0 Å². The number of nitrogens with one attached hydrogen (secondary N) is 2. The van der Waals surface area contributed by atoms with Crippen LogP contribution in [0.4, 0.5) is 10.5 Å². The number of urea groups is 1. The number of hydrogen-bond donors (Lipinski definition) is 2. The number of benzene rings is 1. The summed E-state index contributed by atoms with van der Waals surface area (Å²) in [6, 6.07) is 11.7. The molecule has 0 bridgehead atoms. The van der Waals surface area contributed by atoms with Gasteiger partial charge in [0.25, 0.3) is 0 Å². The first kappa shape index (κ1) is 18.2. The molecule has 26 heavy (non-hydrogen) atoms. The SMILES string of the molecule is C[C@H](NC(=O)[C@@H]1CCCN1C(=O)Nc1ccccc1)c1ccc(Cl)cn1. The molecule has 2 atom stereocenters. The van der Waals surface area contributed by atoms with Gasteiger partial charge in [0.15, 0.2) is 0 Å². The minimum Gasteiger partial charge on any atom is -0.346 e. The molecule has 0 spiro atoms. The molecule has 0 unspecified atom stereocenters. The molecule has 2 N–H and O–H groups in total. The fourth-order valence-electron chi connectivity index (χ4n) is 3.03. The van der Waals surface area contributed by atoms with Crippen LogP contribution in [0, 0.1) is 0 Å². The topological polar surface area (TPSA) is 74.3 Å². The van der Waals surface area contributed by atoms with Crippen LogP contribution < -0.4 is 10.6 Å². The van der Waals surface area contributed by atoms with Gasteiger partial charge in [-0.3, -0.25) is 9.78 Å². The van der Waals surface area contributed by atoms with Crippen LogP contribution >= 0.6 is 11.6 Å². The summed E-state index contributed by atoms with van der Waals surface area (Å²) in [5.41, 5.74) is 1.43. The van der Waals surface area contributed by atoms with Crippen molar-refractivity contribution in [3.8, 4) is 0 Å². The summed E-state index contributed by atoms with van der Waals surface area (Å²) in [4.78, 5) is 31.0. The van der Waals surface area contributed by atoms with Gasteiger partial charge < -0.3 is 15.5 Å². The number of rotatable bonds is 4. The number of hydrogen-bond acceptors (Lipinski definition) is 3. The predicted molar refractivity (Wildman–Crippen MR) is 101 cm³/mol. The molecule has 1 aromatic carbocycles. The van der Waals surface area contributed by atoms with Gasteiger partial charge in [-0.2, -0.15) is 0 Å². The van der Waals surface area contributed by atoms with Crippen molar-refractivity contribution in [2.45, 2.75) is 31.8 Å². The molecular formula is C19H21ClN4O2. The minimum absolute atomic E-state index is 0.171. The molecule has 1 aliphatic rings. The maximum absolute atomic E-state index is 12.7. The number of carbonyl (C=O) groups is 2. The summed E-state index contributed by atoms with van der Waals surface area (Å²) in [5, 5.41) is 6.33. The highest BCUT2D eigenvalue weighted by atomic mass is 35.5. The van der Waals surface area contributed by atoms with Crippen LogP contribution in [-0.4, -0.2) is 34.4 Å². The Balaban J connectivity index is 1.62. The third kappa shape index (κ3) is 4.32. The van der Waals surface area contributed by atoms with Crippen molar-refractivity contribution in [1.29, 1.82) is 0 Å². The fraction of sp³-hybridized carbons (Fsp3) is 0.316. The first-order valence-electron chi connectivity index (χ1n) is 8.59. The molecule has 0 aliphatic carbocycles. The van der Waals surface area contributed by atoms with Gasteiger partial charge >= 0.3 is 6.03 Å². The van der Waals surface area contributed by atoms with Gasteiger partial charge in [0.1, 0.15) is 6.04 Å². The van der Waals surface area contributed by atoms with Gasteiger partial charge in [-0.05, 0) is 44.0 Å². The molecule has 1 fully saturated rings. The highest BCUT2D eigenvalue weighted by Crippen LogP contribution is 2.21. The van der Waals surface area contributed by atoms with Gasteiger partial charge in [0.2, 0.25) is 5.91 Å². The van der Waals surface area contributed by atoms with E-state index in [9.17, 15) is 9.59 Å². The lowest BCUT2D eigenvalue weighted by molar-refractivity contribution is -0.125. The fourth-order valence-corrected chi connectivity index (χ4v) is 3.14. The van der Waals surface area contributed by atoms with E-state index in [4.69, 9.17) is 11.6 Å². The Labute approximate surface area is 157 Å². The second-order valence-corrected chi connectivity index (χ2v) is 6.72. The number of likely N-dealkylation sites (tertiary alicyclic amines) is 1. The molecule has 2 heterocycles. The van der Waals surface area contributed by atoms with Crippen LogP contribution in [-0.2, 0) is 4.79 Å². The zero-order valence-corrected chi connectivity index (χ0v) is 15.2. The van der Waals surface area contributed by atoms with Crippen LogP contribution in [0.15, 0.2) is 48.7 Å².